The maximum Gasteiger partial charge on any atom is 0.262 e. The Morgan fingerprint density at radius 2 is 1.57 bits per heavy atom. The van der Waals surface area contributed by atoms with Crippen LogP contribution in [0.4, 0.5) is 20.2 Å². The lowest BCUT2D eigenvalue weighted by molar-refractivity contribution is 0.583. The number of anilines is 2. The lowest BCUT2D eigenvalue weighted by Crippen LogP contribution is -2.15. The number of para-hydroxylation sites is 1. The van der Waals surface area contributed by atoms with E-state index in [-0.39, 0.29) is 4.90 Å². The molecule has 0 aliphatic carbocycles. The topological polar surface area (TPSA) is 58.2 Å². The van der Waals surface area contributed by atoms with Crippen molar-refractivity contribution in [3.05, 3.63) is 54.1 Å². The first-order valence-electron chi connectivity index (χ1n) is 6.25. The minimum atomic E-state index is -4.05. The summed E-state index contributed by atoms with van der Waals surface area (Å²) in [5, 5.41) is 3.02. The molecule has 2 N–H and O–H groups in total. The van der Waals surface area contributed by atoms with Gasteiger partial charge in [0.05, 0.1) is 4.90 Å². The standard InChI is InChI=1S/C14H14F2N2O2S/c1-2-17-10-6-8-11(9-7-10)21(19,20)18-14-12(15)4-3-5-13(14)16/h3-9,17-18H,2H2,1H3. The Hall–Kier alpha value is -2.15. The number of rotatable bonds is 5. The second-order valence-corrected chi connectivity index (χ2v) is 5.94. The normalized spacial score (nSPS) is 11.2. The van der Waals surface area contributed by atoms with Gasteiger partial charge >= 0.3 is 0 Å². The van der Waals surface area contributed by atoms with E-state index in [1.165, 1.54) is 12.1 Å². The fourth-order valence-electron chi connectivity index (χ4n) is 1.74. The first-order valence-corrected chi connectivity index (χ1v) is 7.73. The zero-order valence-electron chi connectivity index (χ0n) is 11.2. The predicted molar refractivity (Wildman–Crippen MR) is 77.8 cm³/mol. The Labute approximate surface area is 121 Å². The van der Waals surface area contributed by atoms with Crippen LogP contribution in [0.15, 0.2) is 47.4 Å². The third kappa shape index (κ3) is 3.49. The van der Waals surface area contributed by atoms with Crippen LogP contribution in [0.25, 0.3) is 0 Å². The molecule has 2 aromatic carbocycles. The van der Waals surface area contributed by atoms with Gasteiger partial charge in [-0.2, -0.15) is 0 Å². The molecular formula is C14H14F2N2O2S. The number of hydrogen-bond donors (Lipinski definition) is 2. The Morgan fingerprint density at radius 1 is 1.00 bits per heavy atom. The average molecular weight is 312 g/mol. The van der Waals surface area contributed by atoms with Gasteiger partial charge in [-0.05, 0) is 43.3 Å². The lowest BCUT2D eigenvalue weighted by Gasteiger charge is -2.10. The van der Waals surface area contributed by atoms with Crippen molar-refractivity contribution in [3.8, 4) is 0 Å². The van der Waals surface area contributed by atoms with E-state index in [2.05, 4.69) is 5.32 Å². The number of hydrogen-bond acceptors (Lipinski definition) is 3. The highest BCUT2D eigenvalue weighted by atomic mass is 32.2. The van der Waals surface area contributed by atoms with Gasteiger partial charge in [0.1, 0.15) is 17.3 Å². The van der Waals surface area contributed by atoms with E-state index in [4.69, 9.17) is 0 Å². The van der Waals surface area contributed by atoms with Crippen LogP contribution in [-0.2, 0) is 10.0 Å². The molecule has 2 rings (SSSR count). The number of benzene rings is 2. The van der Waals surface area contributed by atoms with Gasteiger partial charge in [-0.25, -0.2) is 17.2 Å². The van der Waals surface area contributed by atoms with Crippen molar-refractivity contribution in [2.24, 2.45) is 0 Å². The summed E-state index contributed by atoms with van der Waals surface area (Å²) in [4.78, 5) is -0.0770. The molecule has 0 fully saturated rings. The number of nitrogens with one attached hydrogen (secondary N) is 2. The summed E-state index contributed by atoms with van der Waals surface area (Å²) >= 11 is 0. The van der Waals surface area contributed by atoms with Crippen LogP contribution in [0.5, 0.6) is 0 Å². The quantitative estimate of drug-likeness (QED) is 0.891. The fourth-order valence-corrected chi connectivity index (χ4v) is 2.82. The predicted octanol–water partition coefficient (Wildman–Crippen LogP) is 3.20. The zero-order valence-corrected chi connectivity index (χ0v) is 12.0. The molecule has 0 aliphatic heterocycles. The van der Waals surface area contributed by atoms with E-state index in [0.29, 0.717) is 6.54 Å². The minimum Gasteiger partial charge on any atom is -0.385 e. The van der Waals surface area contributed by atoms with Gasteiger partial charge in [0.25, 0.3) is 10.0 Å². The monoisotopic (exact) mass is 312 g/mol. The van der Waals surface area contributed by atoms with Crippen LogP contribution in [-0.4, -0.2) is 15.0 Å². The molecule has 0 unspecified atom stereocenters. The van der Waals surface area contributed by atoms with Crippen LogP contribution in [0, 0.1) is 11.6 Å². The van der Waals surface area contributed by atoms with Crippen molar-refractivity contribution in [1.29, 1.82) is 0 Å². The van der Waals surface area contributed by atoms with E-state index < -0.39 is 27.3 Å². The van der Waals surface area contributed by atoms with E-state index in [9.17, 15) is 17.2 Å². The smallest absolute Gasteiger partial charge is 0.262 e. The summed E-state index contributed by atoms with van der Waals surface area (Å²) < 4.78 is 53.1. The Bertz CT molecular complexity index is 711. The van der Waals surface area contributed by atoms with Crippen LogP contribution >= 0.6 is 0 Å². The summed E-state index contributed by atoms with van der Waals surface area (Å²) in [5.41, 5.74) is 0.0711. The van der Waals surface area contributed by atoms with Crippen molar-refractivity contribution in [3.63, 3.8) is 0 Å². The fraction of sp³-hybridized carbons (Fsp3) is 0.143. The molecule has 0 radical (unpaired) electrons. The molecule has 21 heavy (non-hydrogen) atoms. The Morgan fingerprint density at radius 3 is 2.10 bits per heavy atom. The molecule has 0 heterocycles. The molecule has 0 bridgehead atoms. The zero-order chi connectivity index (χ0) is 15.5. The minimum absolute atomic E-state index is 0.0770. The molecule has 4 nitrogen and oxygen atoms in total. The highest BCUT2D eigenvalue weighted by Crippen LogP contribution is 2.23. The van der Waals surface area contributed by atoms with Gasteiger partial charge in [0, 0.05) is 12.2 Å². The highest BCUT2D eigenvalue weighted by molar-refractivity contribution is 7.92. The molecule has 0 atom stereocenters. The summed E-state index contributed by atoms with van der Waals surface area (Å²) in [6.45, 7) is 2.61. The van der Waals surface area contributed by atoms with Crippen molar-refractivity contribution >= 4 is 21.4 Å². The Balaban J connectivity index is 2.30. The Kier molecular flexibility index (Phi) is 4.42. The SMILES string of the molecule is CCNc1ccc(S(=O)(=O)Nc2c(F)cccc2F)cc1. The van der Waals surface area contributed by atoms with Gasteiger partial charge in [-0.1, -0.05) is 6.07 Å². The third-order valence-corrected chi connectivity index (χ3v) is 4.11. The molecular weight excluding hydrogens is 298 g/mol. The van der Waals surface area contributed by atoms with Crippen molar-refractivity contribution in [2.75, 3.05) is 16.6 Å². The van der Waals surface area contributed by atoms with E-state index in [1.54, 1.807) is 12.1 Å². The van der Waals surface area contributed by atoms with Gasteiger partial charge in [0.2, 0.25) is 0 Å². The molecule has 0 aromatic heterocycles. The van der Waals surface area contributed by atoms with Gasteiger partial charge in [-0.3, -0.25) is 4.72 Å². The van der Waals surface area contributed by atoms with Crippen LogP contribution in [0.2, 0.25) is 0 Å². The molecule has 0 saturated carbocycles. The highest BCUT2D eigenvalue weighted by Gasteiger charge is 2.18. The maximum atomic E-state index is 13.5. The van der Waals surface area contributed by atoms with Crippen molar-refractivity contribution < 1.29 is 17.2 Å². The van der Waals surface area contributed by atoms with E-state index in [1.807, 2.05) is 11.6 Å². The lowest BCUT2D eigenvalue weighted by atomic mass is 10.3. The van der Waals surface area contributed by atoms with Crippen molar-refractivity contribution in [2.45, 2.75) is 11.8 Å². The number of halogens is 2. The largest absolute Gasteiger partial charge is 0.385 e. The van der Waals surface area contributed by atoms with Gasteiger partial charge in [-0.15, -0.1) is 0 Å². The third-order valence-electron chi connectivity index (χ3n) is 2.74. The van der Waals surface area contributed by atoms with E-state index >= 15 is 0 Å². The van der Waals surface area contributed by atoms with Crippen LogP contribution in [0.1, 0.15) is 6.92 Å². The van der Waals surface area contributed by atoms with Crippen LogP contribution < -0.4 is 10.0 Å². The first kappa shape index (κ1) is 15.2. The van der Waals surface area contributed by atoms with Gasteiger partial charge in [0.15, 0.2) is 0 Å². The molecule has 0 spiro atoms. The molecule has 2 aromatic rings. The summed E-state index contributed by atoms with van der Waals surface area (Å²) in [6.07, 6.45) is 0. The molecule has 0 saturated heterocycles. The molecule has 7 heteroatoms. The van der Waals surface area contributed by atoms with E-state index in [0.717, 1.165) is 23.9 Å². The summed E-state index contributed by atoms with van der Waals surface area (Å²) in [7, 11) is -4.05. The molecule has 112 valence electrons. The average Bonchev–Trinajstić information content (AvgIpc) is 2.44. The summed E-state index contributed by atoms with van der Waals surface area (Å²) in [5.74, 6) is -1.94. The molecule has 0 aliphatic rings. The first-order chi connectivity index (χ1) is 9.94. The second-order valence-electron chi connectivity index (χ2n) is 4.26. The molecule has 0 amide bonds. The summed E-state index contributed by atoms with van der Waals surface area (Å²) in [6, 6.07) is 9.00. The van der Waals surface area contributed by atoms with Crippen LogP contribution in [0.3, 0.4) is 0 Å². The van der Waals surface area contributed by atoms with Gasteiger partial charge < -0.3 is 5.32 Å². The maximum absolute atomic E-state index is 13.5. The van der Waals surface area contributed by atoms with Crippen molar-refractivity contribution in [1.82, 2.24) is 0 Å². The second kappa shape index (κ2) is 6.09. The number of sulfonamides is 1.